The first-order valence-corrected chi connectivity index (χ1v) is 9.27. The van der Waals surface area contributed by atoms with Crippen LogP contribution in [-0.4, -0.2) is 30.1 Å². The predicted octanol–water partition coefficient (Wildman–Crippen LogP) is 3.57. The number of aromatic nitrogens is 2. The molecule has 26 heavy (non-hydrogen) atoms. The summed E-state index contributed by atoms with van der Waals surface area (Å²) in [4.78, 5) is 15.6. The van der Waals surface area contributed by atoms with Crippen molar-refractivity contribution in [3.05, 3.63) is 46.0 Å². The van der Waals surface area contributed by atoms with Crippen molar-refractivity contribution in [2.75, 3.05) is 0 Å². The fourth-order valence-electron chi connectivity index (χ4n) is 2.06. The van der Waals surface area contributed by atoms with E-state index in [0.29, 0.717) is 5.56 Å². The van der Waals surface area contributed by atoms with E-state index in [1.807, 2.05) is 0 Å². The van der Waals surface area contributed by atoms with Gasteiger partial charge in [0.25, 0.3) is 15.9 Å². The van der Waals surface area contributed by atoms with Crippen LogP contribution in [0.25, 0.3) is 0 Å². The molecule has 0 saturated heterocycles. The van der Waals surface area contributed by atoms with Gasteiger partial charge in [0.05, 0.1) is 11.3 Å². The van der Waals surface area contributed by atoms with Crippen molar-refractivity contribution in [2.24, 2.45) is 0 Å². The zero-order valence-electron chi connectivity index (χ0n) is 13.1. The number of carbonyl (C=O) groups excluding carboxylic acids is 1. The van der Waals surface area contributed by atoms with E-state index < -0.39 is 51.2 Å². The van der Waals surface area contributed by atoms with Crippen molar-refractivity contribution in [3.63, 3.8) is 0 Å². The molecule has 0 aliphatic rings. The summed E-state index contributed by atoms with van der Waals surface area (Å²) in [5.74, 6) is -1.20. The van der Waals surface area contributed by atoms with Crippen LogP contribution >= 0.6 is 23.2 Å². The molecule has 12 heteroatoms. The normalized spacial score (nSPS) is 12.2. The number of amides is 1. The van der Waals surface area contributed by atoms with Crippen LogP contribution in [0.1, 0.15) is 22.5 Å². The Balaban J connectivity index is 2.27. The lowest BCUT2D eigenvalue weighted by atomic mass is 10.2. The highest BCUT2D eigenvalue weighted by atomic mass is 35.5. The van der Waals surface area contributed by atoms with Crippen LogP contribution in [0, 0.1) is 6.92 Å². The molecule has 1 aromatic carbocycles. The van der Waals surface area contributed by atoms with Gasteiger partial charge in [-0.05, 0) is 30.2 Å². The molecule has 0 radical (unpaired) electrons. The SMILES string of the molecule is Cc1ccccc1S(=O)(=O)NC(=O)c1nc(Cl)n(CCC(F)(F)F)c1Cl. The van der Waals surface area contributed by atoms with Gasteiger partial charge < -0.3 is 4.57 Å². The Labute approximate surface area is 157 Å². The van der Waals surface area contributed by atoms with Crippen LogP contribution < -0.4 is 4.72 Å². The van der Waals surface area contributed by atoms with Crippen molar-refractivity contribution in [2.45, 2.75) is 31.0 Å². The third-order valence-electron chi connectivity index (χ3n) is 3.30. The number of halogens is 5. The molecule has 2 rings (SSSR count). The van der Waals surface area contributed by atoms with Crippen LogP contribution in [0.3, 0.4) is 0 Å². The molecule has 0 aliphatic carbocycles. The van der Waals surface area contributed by atoms with Crippen LogP contribution in [0.15, 0.2) is 29.2 Å². The molecule has 0 fully saturated rings. The molecule has 1 aromatic heterocycles. The molecule has 0 atom stereocenters. The number of hydrogen-bond donors (Lipinski definition) is 1. The lowest BCUT2D eigenvalue weighted by Gasteiger charge is -2.09. The van der Waals surface area contributed by atoms with Crippen LogP contribution in [-0.2, 0) is 16.6 Å². The van der Waals surface area contributed by atoms with Gasteiger partial charge in [-0.15, -0.1) is 0 Å². The Hall–Kier alpha value is -1.78. The average molecular weight is 430 g/mol. The Kier molecular flexibility index (Phi) is 5.89. The van der Waals surface area contributed by atoms with Gasteiger partial charge in [0.2, 0.25) is 5.28 Å². The Morgan fingerprint density at radius 2 is 1.88 bits per heavy atom. The van der Waals surface area contributed by atoms with Crippen molar-refractivity contribution < 1.29 is 26.4 Å². The summed E-state index contributed by atoms with van der Waals surface area (Å²) < 4.78 is 64.2. The number of rotatable bonds is 5. The molecule has 6 nitrogen and oxygen atoms in total. The van der Waals surface area contributed by atoms with Crippen molar-refractivity contribution in [1.82, 2.24) is 14.3 Å². The van der Waals surface area contributed by atoms with E-state index in [-0.39, 0.29) is 4.90 Å². The third kappa shape index (κ3) is 4.68. The second kappa shape index (κ2) is 7.45. The maximum Gasteiger partial charge on any atom is 0.390 e. The van der Waals surface area contributed by atoms with Gasteiger partial charge in [0.15, 0.2) is 5.69 Å². The van der Waals surface area contributed by atoms with Crippen molar-refractivity contribution >= 4 is 39.1 Å². The number of nitrogens with one attached hydrogen (secondary N) is 1. The second-order valence-electron chi connectivity index (χ2n) is 5.24. The standard InChI is InChI=1S/C14H12Cl2F3N3O3S/c1-8-4-2-3-5-9(8)26(24,25)21-12(23)10-11(15)22(13(16)20-10)7-6-14(17,18)19/h2-5H,6-7H2,1H3,(H,21,23). The molecule has 0 aliphatic heterocycles. The van der Waals surface area contributed by atoms with Gasteiger partial charge in [-0.25, -0.2) is 18.1 Å². The quantitative estimate of drug-likeness (QED) is 0.787. The lowest BCUT2D eigenvalue weighted by molar-refractivity contribution is -0.136. The summed E-state index contributed by atoms with van der Waals surface area (Å²) in [6.45, 7) is 0.876. The van der Waals surface area contributed by atoms with Gasteiger partial charge in [0.1, 0.15) is 5.15 Å². The molecule has 142 valence electrons. The molecule has 0 saturated carbocycles. The fourth-order valence-corrected chi connectivity index (χ4v) is 3.85. The molecular weight excluding hydrogens is 418 g/mol. The highest BCUT2D eigenvalue weighted by Crippen LogP contribution is 2.26. The molecule has 0 spiro atoms. The summed E-state index contributed by atoms with van der Waals surface area (Å²) in [6, 6.07) is 5.92. The van der Waals surface area contributed by atoms with Crippen LogP contribution in [0.4, 0.5) is 13.2 Å². The van der Waals surface area contributed by atoms with Gasteiger partial charge in [-0.2, -0.15) is 13.2 Å². The number of alkyl halides is 3. The van der Waals surface area contributed by atoms with E-state index in [4.69, 9.17) is 23.2 Å². The number of benzene rings is 1. The Morgan fingerprint density at radius 3 is 2.46 bits per heavy atom. The molecule has 0 bridgehead atoms. The number of sulfonamides is 1. The van der Waals surface area contributed by atoms with Crippen LogP contribution in [0.2, 0.25) is 10.4 Å². The lowest BCUT2D eigenvalue weighted by Crippen LogP contribution is -2.31. The maximum atomic E-state index is 12.3. The first-order valence-electron chi connectivity index (χ1n) is 7.03. The summed E-state index contributed by atoms with van der Waals surface area (Å²) >= 11 is 11.6. The van der Waals surface area contributed by atoms with E-state index in [2.05, 4.69) is 4.98 Å². The average Bonchev–Trinajstić information content (AvgIpc) is 2.79. The highest BCUT2D eigenvalue weighted by molar-refractivity contribution is 7.90. The first-order chi connectivity index (χ1) is 11.9. The van der Waals surface area contributed by atoms with E-state index in [9.17, 15) is 26.4 Å². The van der Waals surface area contributed by atoms with E-state index in [1.54, 1.807) is 10.8 Å². The highest BCUT2D eigenvalue weighted by Gasteiger charge is 2.30. The summed E-state index contributed by atoms with van der Waals surface area (Å²) in [7, 11) is -4.22. The predicted molar refractivity (Wildman–Crippen MR) is 88.8 cm³/mol. The molecule has 1 N–H and O–H groups in total. The van der Waals surface area contributed by atoms with Gasteiger partial charge in [-0.3, -0.25) is 4.79 Å². The van der Waals surface area contributed by atoms with Crippen molar-refractivity contribution in [1.29, 1.82) is 0 Å². The number of nitrogens with zero attached hydrogens (tertiary/aromatic N) is 2. The number of aryl methyl sites for hydroxylation is 1. The minimum atomic E-state index is -4.46. The zero-order chi connectivity index (χ0) is 19.7. The molecule has 1 heterocycles. The minimum Gasteiger partial charge on any atom is -0.305 e. The number of carbonyl (C=O) groups is 1. The van der Waals surface area contributed by atoms with Crippen molar-refractivity contribution in [3.8, 4) is 0 Å². The summed E-state index contributed by atoms with van der Waals surface area (Å²) in [5.41, 5.74) is -0.191. The summed E-state index contributed by atoms with van der Waals surface area (Å²) in [6.07, 6.45) is -5.71. The van der Waals surface area contributed by atoms with Gasteiger partial charge >= 0.3 is 6.18 Å². The largest absolute Gasteiger partial charge is 0.390 e. The second-order valence-corrected chi connectivity index (χ2v) is 7.58. The van der Waals surface area contributed by atoms with E-state index in [1.165, 1.54) is 25.1 Å². The molecular formula is C14H12Cl2F3N3O3S. The minimum absolute atomic E-state index is 0.132. The first kappa shape index (κ1) is 20.5. The zero-order valence-corrected chi connectivity index (χ0v) is 15.5. The third-order valence-corrected chi connectivity index (χ3v) is 5.47. The van der Waals surface area contributed by atoms with Gasteiger partial charge in [-0.1, -0.05) is 29.8 Å². The molecule has 0 unspecified atom stereocenters. The van der Waals surface area contributed by atoms with Gasteiger partial charge in [0, 0.05) is 6.54 Å². The maximum absolute atomic E-state index is 12.3. The number of imidazole rings is 1. The fraction of sp³-hybridized carbons (Fsp3) is 0.286. The molecule has 2 aromatic rings. The topological polar surface area (TPSA) is 81.1 Å². The molecule has 1 amide bonds. The Bertz CT molecular complexity index is 943. The van der Waals surface area contributed by atoms with E-state index in [0.717, 1.165) is 4.57 Å². The smallest absolute Gasteiger partial charge is 0.305 e. The monoisotopic (exact) mass is 429 g/mol. The van der Waals surface area contributed by atoms with Crippen LogP contribution in [0.5, 0.6) is 0 Å². The Morgan fingerprint density at radius 1 is 1.27 bits per heavy atom. The van der Waals surface area contributed by atoms with E-state index >= 15 is 0 Å². The summed E-state index contributed by atoms with van der Waals surface area (Å²) in [5, 5.41) is -0.950. The number of hydrogen-bond acceptors (Lipinski definition) is 4.